The van der Waals surface area contributed by atoms with Crippen LogP contribution in [-0.2, 0) is 16.1 Å². The van der Waals surface area contributed by atoms with Crippen LogP contribution in [0.1, 0.15) is 49.0 Å². The summed E-state index contributed by atoms with van der Waals surface area (Å²) in [6, 6.07) is 12.4. The van der Waals surface area contributed by atoms with Crippen LogP contribution >= 0.6 is 0 Å². The molecule has 0 unspecified atom stereocenters. The molecule has 2 aromatic rings. The van der Waals surface area contributed by atoms with Crippen molar-refractivity contribution in [2.75, 3.05) is 6.61 Å². The van der Waals surface area contributed by atoms with Gasteiger partial charge in [0.25, 0.3) is 11.4 Å². The highest BCUT2D eigenvalue weighted by Gasteiger charge is 2.61. The molecular formula is C26H28N2O7. The van der Waals surface area contributed by atoms with Crippen molar-refractivity contribution < 1.29 is 24.1 Å². The standard InChI is InChI=1S/C26H28N2O7/c1-17-25(2,3)20-9-10-26(17,14-20)23(16-34-15-18-7-5-4-6-8-18)35-24(29)19-11-21(27(30)31)13-22(12-19)28(32)33/h4-8,11-13,20,23H,1,9-10,14-16H2,2-3H3/t20-,23-,26-/m1/s1. The second-order valence-electron chi connectivity index (χ2n) is 9.94. The number of carbonyl (C=O) groups is 1. The fraction of sp³-hybridized carbons (Fsp3) is 0.423. The first-order chi connectivity index (χ1) is 16.5. The molecule has 0 heterocycles. The van der Waals surface area contributed by atoms with Crippen LogP contribution in [0, 0.1) is 37.0 Å². The van der Waals surface area contributed by atoms with Gasteiger partial charge in [-0.05, 0) is 36.2 Å². The molecule has 35 heavy (non-hydrogen) atoms. The molecule has 3 atom stereocenters. The van der Waals surface area contributed by atoms with Gasteiger partial charge in [0, 0.05) is 17.5 Å². The molecule has 0 aromatic heterocycles. The Morgan fingerprint density at radius 1 is 1.11 bits per heavy atom. The van der Waals surface area contributed by atoms with Crippen LogP contribution < -0.4 is 0 Å². The molecule has 0 radical (unpaired) electrons. The number of ether oxygens (including phenoxy) is 2. The normalized spacial score (nSPS) is 23.1. The van der Waals surface area contributed by atoms with Gasteiger partial charge >= 0.3 is 5.97 Å². The van der Waals surface area contributed by atoms with E-state index in [9.17, 15) is 25.0 Å². The van der Waals surface area contributed by atoms with E-state index in [2.05, 4.69) is 20.4 Å². The lowest BCUT2D eigenvalue weighted by atomic mass is 9.66. The van der Waals surface area contributed by atoms with E-state index in [0.29, 0.717) is 12.5 Å². The number of carbonyl (C=O) groups excluding carboxylic acids is 1. The predicted molar refractivity (Wildman–Crippen MR) is 128 cm³/mol. The van der Waals surface area contributed by atoms with Crippen molar-refractivity contribution in [1.82, 2.24) is 0 Å². The minimum absolute atomic E-state index is 0.111. The van der Waals surface area contributed by atoms with Gasteiger partial charge in [-0.15, -0.1) is 0 Å². The van der Waals surface area contributed by atoms with Crippen LogP contribution in [0.3, 0.4) is 0 Å². The summed E-state index contributed by atoms with van der Waals surface area (Å²) >= 11 is 0. The average molecular weight is 481 g/mol. The zero-order valence-corrected chi connectivity index (χ0v) is 19.8. The van der Waals surface area contributed by atoms with Crippen LogP contribution in [0.2, 0.25) is 0 Å². The molecule has 9 nitrogen and oxygen atoms in total. The Hall–Kier alpha value is -3.59. The monoisotopic (exact) mass is 480 g/mol. The summed E-state index contributed by atoms with van der Waals surface area (Å²) in [5, 5.41) is 22.5. The second kappa shape index (κ2) is 9.22. The van der Waals surface area contributed by atoms with E-state index in [4.69, 9.17) is 9.47 Å². The molecule has 184 valence electrons. The van der Waals surface area contributed by atoms with E-state index >= 15 is 0 Å². The van der Waals surface area contributed by atoms with Crippen molar-refractivity contribution in [3.63, 3.8) is 0 Å². The summed E-state index contributed by atoms with van der Waals surface area (Å²) in [4.78, 5) is 34.2. The minimum atomic E-state index is -0.861. The quantitative estimate of drug-likeness (QED) is 0.197. The Morgan fingerprint density at radius 3 is 2.29 bits per heavy atom. The Balaban J connectivity index is 1.62. The maximum Gasteiger partial charge on any atom is 0.339 e. The number of nitrogens with zero attached hydrogens (tertiary/aromatic N) is 2. The Labute approximate surface area is 203 Å². The second-order valence-corrected chi connectivity index (χ2v) is 9.94. The fourth-order valence-electron chi connectivity index (χ4n) is 5.63. The van der Waals surface area contributed by atoms with E-state index in [-0.39, 0.29) is 17.6 Å². The third-order valence-electron chi connectivity index (χ3n) is 7.76. The molecule has 2 aliphatic carbocycles. The van der Waals surface area contributed by atoms with Gasteiger partial charge in [0.2, 0.25) is 0 Å². The number of fused-ring (bicyclic) bond motifs is 2. The van der Waals surface area contributed by atoms with E-state index in [1.54, 1.807) is 0 Å². The van der Waals surface area contributed by atoms with Gasteiger partial charge in [-0.3, -0.25) is 20.2 Å². The van der Waals surface area contributed by atoms with Crippen molar-refractivity contribution in [3.05, 3.63) is 92.0 Å². The summed E-state index contributed by atoms with van der Waals surface area (Å²) in [6.07, 6.45) is 1.89. The zero-order chi connectivity index (χ0) is 25.4. The molecule has 0 amide bonds. The number of rotatable bonds is 9. The maximum atomic E-state index is 13.2. The average Bonchev–Trinajstić information content (AvgIpc) is 3.36. The smallest absolute Gasteiger partial charge is 0.339 e. The largest absolute Gasteiger partial charge is 0.455 e. The molecular weight excluding hydrogens is 452 g/mol. The third kappa shape index (κ3) is 4.55. The van der Waals surface area contributed by atoms with Crippen LogP contribution in [-0.4, -0.2) is 28.5 Å². The van der Waals surface area contributed by atoms with Gasteiger partial charge < -0.3 is 9.47 Å². The van der Waals surface area contributed by atoms with Gasteiger partial charge in [-0.1, -0.05) is 56.3 Å². The first-order valence-electron chi connectivity index (χ1n) is 11.5. The molecule has 2 saturated carbocycles. The highest BCUT2D eigenvalue weighted by Crippen LogP contribution is 2.67. The van der Waals surface area contributed by atoms with Crippen molar-refractivity contribution in [2.24, 2.45) is 16.7 Å². The molecule has 0 saturated heterocycles. The molecule has 2 aromatic carbocycles. The third-order valence-corrected chi connectivity index (χ3v) is 7.76. The van der Waals surface area contributed by atoms with Crippen LogP contribution in [0.4, 0.5) is 11.4 Å². The van der Waals surface area contributed by atoms with Gasteiger partial charge in [0.15, 0.2) is 0 Å². The number of benzene rings is 2. The zero-order valence-electron chi connectivity index (χ0n) is 19.8. The van der Waals surface area contributed by atoms with Gasteiger partial charge in [0.05, 0.1) is 34.7 Å². The fourth-order valence-corrected chi connectivity index (χ4v) is 5.63. The number of nitro groups is 2. The lowest BCUT2D eigenvalue weighted by Crippen LogP contribution is -2.42. The number of non-ortho nitro benzene ring substituents is 2. The first-order valence-corrected chi connectivity index (χ1v) is 11.5. The molecule has 2 aliphatic rings. The molecule has 0 aliphatic heterocycles. The van der Waals surface area contributed by atoms with Crippen molar-refractivity contribution in [3.8, 4) is 0 Å². The summed E-state index contributed by atoms with van der Waals surface area (Å²) < 4.78 is 11.9. The van der Waals surface area contributed by atoms with Crippen molar-refractivity contribution in [1.29, 1.82) is 0 Å². The lowest BCUT2D eigenvalue weighted by Gasteiger charge is -2.42. The van der Waals surface area contributed by atoms with Crippen LogP contribution in [0.5, 0.6) is 0 Å². The van der Waals surface area contributed by atoms with E-state index in [1.807, 2.05) is 30.3 Å². The molecule has 9 heteroatoms. The number of hydrogen-bond acceptors (Lipinski definition) is 7. The van der Waals surface area contributed by atoms with E-state index < -0.39 is 38.7 Å². The number of nitro benzene ring substituents is 2. The Morgan fingerprint density at radius 2 is 1.74 bits per heavy atom. The Bertz CT molecular complexity index is 1150. The molecule has 2 bridgehead atoms. The summed E-state index contributed by atoms with van der Waals surface area (Å²) in [6.45, 7) is 9.11. The van der Waals surface area contributed by atoms with Crippen molar-refractivity contribution in [2.45, 2.75) is 45.8 Å². The van der Waals surface area contributed by atoms with Crippen LogP contribution in [0.25, 0.3) is 0 Å². The maximum absolute atomic E-state index is 13.2. The minimum Gasteiger partial charge on any atom is -0.455 e. The summed E-state index contributed by atoms with van der Waals surface area (Å²) in [7, 11) is 0. The van der Waals surface area contributed by atoms with Crippen LogP contribution in [0.15, 0.2) is 60.7 Å². The first kappa shape index (κ1) is 24.5. The summed E-state index contributed by atoms with van der Waals surface area (Å²) in [5.74, 6) is -0.454. The SMILES string of the molecule is C=C1C(C)(C)[C@@H]2CC[C@@]1([C@@H](COCc1ccccc1)OC(=O)c1cc([N+](=O)[O-])cc([N+](=O)[O-])c1)C2. The summed E-state index contributed by atoms with van der Waals surface area (Å²) in [5.41, 5.74) is 0.0429. The Kier molecular flexibility index (Phi) is 6.46. The molecule has 0 N–H and O–H groups in total. The van der Waals surface area contributed by atoms with Gasteiger partial charge in [-0.2, -0.15) is 0 Å². The van der Waals surface area contributed by atoms with Gasteiger partial charge in [0.1, 0.15) is 6.10 Å². The molecule has 4 rings (SSSR count). The topological polar surface area (TPSA) is 122 Å². The highest BCUT2D eigenvalue weighted by atomic mass is 16.6. The van der Waals surface area contributed by atoms with Crippen molar-refractivity contribution >= 4 is 17.3 Å². The number of esters is 1. The molecule has 2 fully saturated rings. The number of hydrogen-bond donors (Lipinski definition) is 0. The molecule has 0 spiro atoms. The van der Waals surface area contributed by atoms with E-state index in [0.717, 1.165) is 48.6 Å². The lowest BCUT2D eigenvalue weighted by molar-refractivity contribution is -0.394. The van der Waals surface area contributed by atoms with Gasteiger partial charge in [-0.25, -0.2) is 4.79 Å². The predicted octanol–water partition coefficient (Wildman–Crippen LogP) is 5.63. The highest BCUT2D eigenvalue weighted by molar-refractivity contribution is 5.91. The van der Waals surface area contributed by atoms with E-state index in [1.165, 1.54) is 0 Å².